The van der Waals surface area contributed by atoms with Crippen LogP contribution in [0.3, 0.4) is 0 Å². The van der Waals surface area contributed by atoms with Crippen LogP contribution in [0.1, 0.15) is 5.56 Å². The minimum absolute atomic E-state index is 0.000913. The zero-order valence-corrected chi connectivity index (χ0v) is 11.3. The minimum atomic E-state index is -0.878. The van der Waals surface area contributed by atoms with Gasteiger partial charge in [-0.05, 0) is 24.1 Å². The van der Waals surface area contributed by atoms with E-state index in [1.54, 1.807) is 12.1 Å². The predicted molar refractivity (Wildman–Crippen MR) is 71.8 cm³/mol. The molecule has 0 heterocycles. The molecule has 0 aliphatic rings. The molecule has 1 atom stereocenters. The molecule has 4 N–H and O–H groups in total. The number of urea groups is 1. The number of ether oxygens (including phenoxy) is 1. The number of nitrogens with zero attached hydrogens (tertiary/aromatic N) is 1. The fraction of sp³-hybridized carbons (Fsp3) is 0.333. The third-order valence-electron chi connectivity index (χ3n) is 2.44. The summed E-state index contributed by atoms with van der Waals surface area (Å²) in [6.07, 6.45) is -0.288. The molecular formula is C12H16ClN3O3. The Hall–Kier alpha value is -1.79. The van der Waals surface area contributed by atoms with E-state index in [1.807, 2.05) is 12.1 Å². The van der Waals surface area contributed by atoms with Crippen LogP contribution in [-0.4, -0.2) is 36.7 Å². The first-order valence-electron chi connectivity index (χ1n) is 5.60. The Bertz CT molecular complexity index is 450. The molecular weight excluding hydrogens is 270 g/mol. The van der Waals surface area contributed by atoms with Crippen LogP contribution < -0.4 is 11.5 Å². The number of benzene rings is 1. The van der Waals surface area contributed by atoms with Gasteiger partial charge in [-0.25, -0.2) is 14.5 Å². The molecule has 0 aromatic heterocycles. The zero-order chi connectivity index (χ0) is 14.4. The topological polar surface area (TPSA) is 98.6 Å². The maximum absolute atomic E-state index is 11.3. The third-order valence-corrected chi connectivity index (χ3v) is 2.69. The fourth-order valence-electron chi connectivity index (χ4n) is 1.35. The van der Waals surface area contributed by atoms with Crippen molar-refractivity contribution in [1.29, 1.82) is 0 Å². The maximum atomic E-state index is 11.3. The normalized spacial score (nSPS) is 11.7. The quantitative estimate of drug-likeness (QED) is 0.872. The van der Waals surface area contributed by atoms with Gasteiger partial charge in [0.2, 0.25) is 0 Å². The molecule has 104 valence electrons. The Balaban J connectivity index is 2.39. The molecule has 3 amide bonds. The molecule has 0 radical (unpaired) electrons. The number of halogens is 1. The van der Waals surface area contributed by atoms with Gasteiger partial charge in [-0.15, -0.1) is 0 Å². The van der Waals surface area contributed by atoms with Gasteiger partial charge in [0.05, 0.1) is 0 Å². The van der Waals surface area contributed by atoms with E-state index in [-0.39, 0.29) is 12.6 Å². The predicted octanol–water partition coefficient (Wildman–Crippen LogP) is 1.36. The van der Waals surface area contributed by atoms with E-state index >= 15 is 0 Å². The standard InChI is InChI=1S/C12H16ClN3O3/c1-16(11(15)17)12(18)19-7-10(14)6-8-2-4-9(13)5-3-8/h2-5,10H,6-7,14H2,1H3,(H2,15,17)/t10-/m1/s1. The van der Waals surface area contributed by atoms with Gasteiger partial charge in [0.25, 0.3) is 0 Å². The van der Waals surface area contributed by atoms with Crippen LogP contribution in [0.15, 0.2) is 24.3 Å². The molecule has 0 aliphatic heterocycles. The minimum Gasteiger partial charge on any atom is -0.447 e. The highest BCUT2D eigenvalue weighted by molar-refractivity contribution is 6.30. The van der Waals surface area contributed by atoms with Crippen molar-refractivity contribution >= 4 is 23.7 Å². The monoisotopic (exact) mass is 285 g/mol. The van der Waals surface area contributed by atoms with Gasteiger partial charge in [-0.3, -0.25) is 0 Å². The average Bonchev–Trinajstić information content (AvgIpc) is 2.37. The number of primary amides is 1. The molecule has 0 aliphatic carbocycles. The summed E-state index contributed by atoms with van der Waals surface area (Å²) in [4.78, 5) is 22.7. The van der Waals surface area contributed by atoms with Crippen LogP contribution in [-0.2, 0) is 11.2 Å². The summed E-state index contributed by atoms with van der Waals surface area (Å²) in [5.74, 6) is 0. The van der Waals surface area contributed by atoms with Crippen molar-refractivity contribution in [2.24, 2.45) is 11.5 Å². The van der Waals surface area contributed by atoms with Crippen LogP contribution >= 0.6 is 11.6 Å². The van der Waals surface area contributed by atoms with Crippen LogP contribution in [0, 0.1) is 0 Å². The molecule has 19 heavy (non-hydrogen) atoms. The number of carbonyl (C=O) groups is 2. The second-order valence-corrected chi connectivity index (χ2v) is 4.50. The van der Waals surface area contributed by atoms with Crippen molar-refractivity contribution in [2.75, 3.05) is 13.7 Å². The van der Waals surface area contributed by atoms with E-state index < -0.39 is 12.1 Å². The summed E-state index contributed by atoms with van der Waals surface area (Å²) in [7, 11) is 1.23. The van der Waals surface area contributed by atoms with Gasteiger partial charge in [0, 0.05) is 18.1 Å². The molecule has 0 saturated heterocycles. The summed E-state index contributed by atoms with van der Waals surface area (Å²) in [6, 6.07) is 5.97. The summed E-state index contributed by atoms with van der Waals surface area (Å²) in [5, 5.41) is 0.645. The number of hydrogen-bond acceptors (Lipinski definition) is 4. The Morgan fingerprint density at radius 2 is 1.95 bits per heavy atom. The molecule has 6 nitrogen and oxygen atoms in total. The zero-order valence-electron chi connectivity index (χ0n) is 10.5. The summed E-state index contributed by atoms with van der Waals surface area (Å²) >= 11 is 5.77. The Kier molecular flexibility index (Phi) is 5.59. The molecule has 1 aromatic carbocycles. The van der Waals surface area contributed by atoms with Crippen molar-refractivity contribution in [1.82, 2.24) is 4.90 Å². The van der Waals surface area contributed by atoms with Gasteiger partial charge in [-0.1, -0.05) is 23.7 Å². The molecule has 0 unspecified atom stereocenters. The number of imide groups is 1. The molecule has 0 spiro atoms. The number of carbonyl (C=O) groups excluding carboxylic acids is 2. The highest BCUT2D eigenvalue weighted by Gasteiger charge is 2.16. The van der Waals surface area contributed by atoms with Crippen molar-refractivity contribution in [3.05, 3.63) is 34.9 Å². The molecule has 0 saturated carbocycles. The van der Waals surface area contributed by atoms with E-state index in [4.69, 9.17) is 27.8 Å². The van der Waals surface area contributed by atoms with E-state index in [0.29, 0.717) is 16.3 Å². The lowest BCUT2D eigenvalue weighted by atomic mass is 10.1. The van der Waals surface area contributed by atoms with Crippen LogP contribution in [0.5, 0.6) is 0 Å². The van der Waals surface area contributed by atoms with Gasteiger partial charge >= 0.3 is 12.1 Å². The Labute approximate surface area is 116 Å². The number of amides is 3. The van der Waals surface area contributed by atoms with Crippen molar-refractivity contribution in [3.63, 3.8) is 0 Å². The van der Waals surface area contributed by atoms with Crippen LogP contribution in [0.25, 0.3) is 0 Å². The van der Waals surface area contributed by atoms with Crippen LogP contribution in [0.4, 0.5) is 9.59 Å². The number of rotatable bonds is 4. The summed E-state index contributed by atoms with van der Waals surface area (Å²) < 4.78 is 4.86. The third kappa shape index (κ3) is 5.15. The van der Waals surface area contributed by atoms with Gasteiger partial charge in [0.1, 0.15) is 6.61 Å². The lowest BCUT2D eigenvalue weighted by Gasteiger charge is -2.16. The smallest absolute Gasteiger partial charge is 0.417 e. The van der Waals surface area contributed by atoms with Crippen LogP contribution in [0.2, 0.25) is 5.02 Å². The van der Waals surface area contributed by atoms with Crippen molar-refractivity contribution in [2.45, 2.75) is 12.5 Å². The van der Waals surface area contributed by atoms with E-state index in [0.717, 1.165) is 5.56 Å². The molecule has 0 bridgehead atoms. The van der Waals surface area contributed by atoms with E-state index in [9.17, 15) is 9.59 Å². The molecule has 1 rings (SSSR count). The highest BCUT2D eigenvalue weighted by atomic mass is 35.5. The maximum Gasteiger partial charge on any atom is 0.417 e. The Morgan fingerprint density at radius 1 is 1.37 bits per heavy atom. The average molecular weight is 286 g/mol. The SMILES string of the molecule is CN(C(N)=O)C(=O)OC[C@H](N)Cc1ccc(Cl)cc1. The Morgan fingerprint density at radius 3 is 2.47 bits per heavy atom. The summed E-state index contributed by atoms with van der Waals surface area (Å²) in [6.45, 7) is -0.000913. The van der Waals surface area contributed by atoms with E-state index in [1.165, 1.54) is 7.05 Å². The van der Waals surface area contributed by atoms with E-state index in [2.05, 4.69) is 0 Å². The molecule has 0 fully saturated rings. The number of hydrogen-bond donors (Lipinski definition) is 2. The second kappa shape index (κ2) is 6.96. The second-order valence-electron chi connectivity index (χ2n) is 4.06. The van der Waals surface area contributed by atoms with Crippen molar-refractivity contribution < 1.29 is 14.3 Å². The first kappa shape index (κ1) is 15.3. The van der Waals surface area contributed by atoms with Crippen molar-refractivity contribution in [3.8, 4) is 0 Å². The fourth-order valence-corrected chi connectivity index (χ4v) is 1.47. The summed E-state index contributed by atoms with van der Waals surface area (Å²) in [5.41, 5.74) is 11.7. The number of nitrogens with two attached hydrogens (primary N) is 2. The van der Waals surface area contributed by atoms with Gasteiger partial charge in [0.15, 0.2) is 0 Å². The van der Waals surface area contributed by atoms with Gasteiger partial charge in [-0.2, -0.15) is 0 Å². The first-order valence-corrected chi connectivity index (χ1v) is 5.98. The van der Waals surface area contributed by atoms with Gasteiger partial charge < -0.3 is 16.2 Å². The molecule has 7 heteroatoms. The first-order chi connectivity index (χ1) is 8.90. The lowest BCUT2D eigenvalue weighted by Crippen LogP contribution is -2.40. The largest absolute Gasteiger partial charge is 0.447 e. The lowest BCUT2D eigenvalue weighted by molar-refractivity contribution is 0.112. The molecule has 1 aromatic rings. The highest BCUT2D eigenvalue weighted by Crippen LogP contribution is 2.10.